The van der Waals surface area contributed by atoms with E-state index < -0.39 is 12.1 Å². The molecule has 0 radical (unpaired) electrons. The monoisotopic (exact) mass is 380 g/mol. The van der Waals surface area contributed by atoms with E-state index in [4.69, 9.17) is 14.7 Å². The van der Waals surface area contributed by atoms with Crippen LogP contribution in [0.5, 0.6) is 5.75 Å². The molecule has 2 atom stereocenters. The minimum absolute atomic E-state index is 0.121. The Balaban J connectivity index is 1.83. The van der Waals surface area contributed by atoms with Crippen molar-refractivity contribution in [2.24, 2.45) is 0 Å². The molecule has 146 valence electrons. The molecular weight excluding hydrogens is 356 g/mol. The number of rotatable bonds is 9. The van der Waals surface area contributed by atoms with Crippen molar-refractivity contribution < 1.29 is 19.1 Å². The standard InChI is InChI=1S/C22H24N2O4/c1-3-7-20(18-8-5-4-6-9-18)24-21(25)15-27-22(26)16(2)28-19-12-10-17(14-23)11-13-19/h4-6,8-13,16,20H,3,7,15H2,1-2H3,(H,24,25). The zero-order valence-electron chi connectivity index (χ0n) is 16.1. The quantitative estimate of drug-likeness (QED) is 0.673. The molecule has 28 heavy (non-hydrogen) atoms. The van der Waals surface area contributed by atoms with E-state index in [0.717, 1.165) is 18.4 Å². The summed E-state index contributed by atoms with van der Waals surface area (Å²) in [6.07, 6.45) is 0.832. The average molecular weight is 380 g/mol. The van der Waals surface area contributed by atoms with E-state index >= 15 is 0 Å². The van der Waals surface area contributed by atoms with Gasteiger partial charge < -0.3 is 14.8 Å². The highest BCUT2D eigenvalue weighted by molar-refractivity contribution is 5.82. The summed E-state index contributed by atoms with van der Waals surface area (Å²) in [6.45, 7) is 3.22. The van der Waals surface area contributed by atoms with Gasteiger partial charge in [0.1, 0.15) is 5.75 Å². The van der Waals surface area contributed by atoms with Crippen molar-refractivity contribution in [1.82, 2.24) is 5.32 Å². The molecule has 2 rings (SSSR count). The normalized spacial score (nSPS) is 12.3. The minimum Gasteiger partial charge on any atom is -0.479 e. The molecule has 0 spiro atoms. The number of esters is 1. The summed E-state index contributed by atoms with van der Waals surface area (Å²) in [5, 5.41) is 11.7. The first-order chi connectivity index (χ1) is 13.5. The first-order valence-electron chi connectivity index (χ1n) is 9.21. The maximum Gasteiger partial charge on any atom is 0.347 e. The Morgan fingerprint density at radius 2 is 1.79 bits per heavy atom. The van der Waals surface area contributed by atoms with Crippen molar-refractivity contribution in [2.75, 3.05) is 6.61 Å². The molecule has 0 saturated heterocycles. The fourth-order valence-corrected chi connectivity index (χ4v) is 2.65. The predicted molar refractivity (Wildman–Crippen MR) is 104 cm³/mol. The Hall–Kier alpha value is -3.33. The maximum atomic E-state index is 12.2. The van der Waals surface area contributed by atoms with Gasteiger partial charge in [-0.15, -0.1) is 0 Å². The molecule has 0 aliphatic rings. The highest BCUT2D eigenvalue weighted by atomic mass is 16.6. The van der Waals surface area contributed by atoms with Crippen molar-refractivity contribution in [3.05, 3.63) is 65.7 Å². The third kappa shape index (κ3) is 6.44. The van der Waals surface area contributed by atoms with Crippen molar-refractivity contribution >= 4 is 11.9 Å². The molecule has 0 aromatic heterocycles. The van der Waals surface area contributed by atoms with E-state index in [-0.39, 0.29) is 18.6 Å². The Labute approximate surface area is 165 Å². The average Bonchev–Trinajstić information content (AvgIpc) is 2.72. The topological polar surface area (TPSA) is 88.4 Å². The number of carbonyl (C=O) groups is 2. The molecule has 0 bridgehead atoms. The van der Waals surface area contributed by atoms with Crippen molar-refractivity contribution in [3.8, 4) is 11.8 Å². The Morgan fingerprint density at radius 1 is 1.11 bits per heavy atom. The number of hydrogen-bond donors (Lipinski definition) is 1. The lowest BCUT2D eigenvalue weighted by atomic mass is 10.0. The molecule has 1 N–H and O–H groups in total. The van der Waals surface area contributed by atoms with Crippen LogP contribution in [-0.2, 0) is 14.3 Å². The van der Waals surface area contributed by atoms with Gasteiger partial charge in [-0.2, -0.15) is 5.26 Å². The van der Waals surface area contributed by atoms with Gasteiger partial charge in [-0.3, -0.25) is 4.79 Å². The fourth-order valence-electron chi connectivity index (χ4n) is 2.65. The van der Waals surface area contributed by atoms with Crippen LogP contribution in [0.4, 0.5) is 0 Å². The largest absolute Gasteiger partial charge is 0.479 e. The van der Waals surface area contributed by atoms with Crippen molar-refractivity contribution in [3.63, 3.8) is 0 Å². The zero-order valence-corrected chi connectivity index (χ0v) is 16.1. The number of carbonyl (C=O) groups excluding carboxylic acids is 2. The van der Waals surface area contributed by atoms with E-state index in [1.165, 1.54) is 0 Å². The second-order valence-electron chi connectivity index (χ2n) is 6.32. The van der Waals surface area contributed by atoms with Crippen LogP contribution in [0, 0.1) is 11.3 Å². The maximum absolute atomic E-state index is 12.2. The van der Waals surface area contributed by atoms with E-state index in [9.17, 15) is 9.59 Å². The van der Waals surface area contributed by atoms with Gasteiger partial charge in [-0.1, -0.05) is 43.7 Å². The summed E-state index contributed by atoms with van der Waals surface area (Å²) in [5.74, 6) is -0.549. The summed E-state index contributed by atoms with van der Waals surface area (Å²) >= 11 is 0. The van der Waals surface area contributed by atoms with Crippen molar-refractivity contribution in [1.29, 1.82) is 5.26 Å². The number of nitriles is 1. The van der Waals surface area contributed by atoms with Crippen LogP contribution in [0.15, 0.2) is 54.6 Å². The third-order valence-electron chi connectivity index (χ3n) is 4.09. The zero-order chi connectivity index (χ0) is 20.4. The Morgan fingerprint density at radius 3 is 2.39 bits per heavy atom. The summed E-state index contributed by atoms with van der Waals surface area (Å²) in [7, 11) is 0. The molecule has 2 aromatic carbocycles. The number of hydrogen-bond acceptors (Lipinski definition) is 5. The van der Waals surface area contributed by atoms with E-state index in [2.05, 4.69) is 5.32 Å². The number of ether oxygens (including phenoxy) is 2. The van der Waals surface area contributed by atoms with Gasteiger partial charge in [-0.05, 0) is 43.2 Å². The molecule has 6 heteroatoms. The van der Waals surface area contributed by atoms with Gasteiger partial charge in [0.15, 0.2) is 12.7 Å². The second kappa shape index (κ2) is 10.7. The highest BCUT2D eigenvalue weighted by Gasteiger charge is 2.19. The SMILES string of the molecule is CCCC(NC(=O)COC(=O)C(C)Oc1ccc(C#N)cc1)c1ccccc1. The molecule has 2 aromatic rings. The molecule has 0 heterocycles. The van der Waals surface area contributed by atoms with Gasteiger partial charge in [0.25, 0.3) is 5.91 Å². The number of amides is 1. The molecule has 0 aliphatic carbocycles. The van der Waals surface area contributed by atoms with Crippen LogP contribution in [0.1, 0.15) is 43.9 Å². The Kier molecular flexibility index (Phi) is 8.04. The lowest BCUT2D eigenvalue weighted by Crippen LogP contribution is -2.35. The summed E-state index contributed by atoms with van der Waals surface area (Å²) in [6, 6.07) is 18.0. The van der Waals surface area contributed by atoms with E-state index in [1.807, 2.05) is 43.3 Å². The van der Waals surface area contributed by atoms with Crippen LogP contribution in [0.3, 0.4) is 0 Å². The minimum atomic E-state index is -0.874. The summed E-state index contributed by atoms with van der Waals surface area (Å²) in [5.41, 5.74) is 1.51. The number of nitrogens with zero attached hydrogens (tertiary/aromatic N) is 1. The van der Waals surface area contributed by atoms with Gasteiger partial charge in [-0.25, -0.2) is 4.79 Å². The predicted octanol–water partition coefficient (Wildman–Crippen LogP) is 3.53. The molecule has 6 nitrogen and oxygen atoms in total. The molecule has 1 amide bonds. The van der Waals surface area contributed by atoms with Gasteiger partial charge in [0, 0.05) is 0 Å². The summed E-state index contributed by atoms with van der Waals surface area (Å²) < 4.78 is 10.6. The van der Waals surface area contributed by atoms with Gasteiger partial charge in [0.05, 0.1) is 17.7 Å². The molecule has 0 aliphatic heterocycles. The van der Waals surface area contributed by atoms with Gasteiger partial charge >= 0.3 is 5.97 Å². The first kappa shape index (κ1) is 21.0. The van der Waals surface area contributed by atoms with E-state index in [1.54, 1.807) is 31.2 Å². The van der Waals surface area contributed by atoms with Crippen LogP contribution < -0.4 is 10.1 Å². The molecule has 2 unspecified atom stereocenters. The van der Waals surface area contributed by atoms with Crippen LogP contribution in [0.25, 0.3) is 0 Å². The first-order valence-corrected chi connectivity index (χ1v) is 9.21. The van der Waals surface area contributed by atoms with Gasteiger partial charge in [0.2, 0.25) is 0 Å². The number of benzene rings is 2. The molecular formula is C22H24N2O4. The smallest absolute Gasteiger partial charge is 0.347 e. The van der Waals surface area contributed by atoms with Crippen LogP contribution >= 0.6 is 0 Å². The lowest BCUT2D eigenvalue weighted by molar-refractivity contribution is -0.154. The number of nitrogens with one attached hydrogen (secondary N) is 1. The lowest BCUT2D eigenvalue weighted by Gasteiger charge is -2.19. The van der Waals surface area contributed by atoms with Crippen LogP contribution in [0.2, 0.25) is 0 Å². The summed E-state index contributed by atoms with van der Waals surface area (Å²) in [4.78, 5) is 24.3. The van der Waals surface area contributed by atoms with E-state index in [0.29, 0.717) is 11.3 Å². The third-order valence-corrected chi connectivity index (χ3v) is 4.09. The molecule has 0 fully saturated rings. The Bertz CT molecular complexity index is 813. The second-order valence-corrected chi connectivity index (χ2v) is 6.32. The van der Waals surface area contributed by atoms with Crippen LogP contribution in [-0.4, -0.2) is 24.6 Å². The fraction of sp³-hybridized carbons (Fsp3) is 0.318. The highest BCUT2D eigenvalue weighted by Crippen LogP contribution is 2.18. The molecule has 0 saturated carbocycles. The van der Waals surface area contributed by atoms with Crippen molar-refractivity contribution in [2.45, 2.75) is 38.8 Å².